The van der Waals surface area contributed by atoms with Gasteiger partial charge in [-0.15, -0.1) is 0 Å². The molecule has 55 heavy (non-hydrogen) atoms. The Bertz CT molecular complexity index is 1340. The number of hydrogen-bond acceptors (Lipinski definition) is 4. The molecular formula is C47H74F4N2O2. The van der Waals surface area contributed by atoms with E-state index in [-0.39, 0.29) is 5.82 Å². The van der Waals surface area contributed by atoms with Gasteiger partial charge in [0.1, 0.15) is 12.1 Å². The fourth-order valence-electron chi connectivity index (χ4n) is 4.39. The van der Waals surface area contributed by atoms with Crippen LogP contribution in [-0.4, -0.2) is 49.5 Å². The van der Waals surface area contributed by atoms with Crippen molar-refractivity contribution in [1.29, 1.82) is 0 Å². The predicted octanol–water partition coefficient (Wildman–Crippen LogP) is 14.1. The first-order valence-electron chi connectivity index (χ1n) is 20.1. The van der Waals surface area contributed by atoms with Crippen molar-refractivity contribution >= 4 is 11.9 Å². The average Bonchev–Trinajstić information content (AvgIpc) is 3.21. The van der Waals surface area contributed by atoms with E-state index in [0.717, 1.165) is 67.2 Å². The van der Waals surface area contributed by atoms with E-state index < -0.39 is 11.7 Å². The van der Waals surface area contributed by atoms with Crippen LogP contribution in [0.2, 0.25) is 0 Å². The Morgan fingerprint density at radius 3 is 1.93 bits per heavy atom. The highest BCUT2D eigenvalue weighted by Gasteiger charge is 2.29. The monoisotopic (exact) mass is 775 g/mol. The number of rotatable bonds is 16. The first-order chi connectivity index (χ1) is 26.3. The van der Waals surface area contributed by atoms with Gasteiger partial charge >= 0.3 is 6.18 Å². The summed E-state index contributed by atoms with van der Waals surface area (Å²) < 4.78 is 53.1. The van der Waals surface area contributed by atoms with E-state index in [1.165, 1.54) is 81.4 Å². The zero-order valence-corrected chi connectivity index (χ0v) is 36.1. The molecule has 4 nitrogen and oxygen atoms in total. The maximum absolute atomic E-state index is 12.5. The molecular weight excluding hydrogens is 701 g/mol. The minimum Gasteiger partial charge on any atom is -0.385 e. The van der Waals surface area contributed by atoms with Crippen molar-refractivity contribution in [2.45, 2.75) is 127 Å². The number of methoxy groups -OCH3 is 1. The van der Waals surface area contributed by atoms with E-state index in [1.807, 2.05) is 46.8 Å². The first kappa shape index (κ1) is 55.7. The number of benzene rings is 2. The van der Waals surface area contributed by atoms with Crippen LogP contribution in [-0.2, 0) is 23.8 Å². The van der Waals surface area contributed by atoms with E-state index in [1.54, 1.807) is 25.4 Å². The van der Waals surface area contributed by atoms with Crippen LogP contribution in [0.15, 0.2) is 85.6 Å². The molecule has 0 N–H and O–H groups in total. The Balaban J connectivity index is -0.000000626. The van der Waals surface area contributed by atoms with Gasteiger partial charge in [0.2, 0.25) is 0 Å². The van der Waals surface area contributed by atoms with Gasteiger partial charge in [-0.25, -0.2) is 4.39 Å². The summed E-state index contributed by atoms with van der Waals surface area (Å²) in [7, 11) is 1.68. The molecule has 0 amide bonds. The van der Waals surface area contributed by atoms with Crippen LogP contribution in [0.25, 0.3) is 5.57 Å². The Kier molecular flexibility index (Phi) is 37.8. The lowest BCUT2D eigenvalue weighted by molar-refractivity contribution is -0.137. The SMILES string of the molecule is C/C=C/CN(CCC)CCC(C)CC.C=C(C)c1cc(C=O)ccn1.CC.CCCCCc1ccc(F)cc1.CCOC.CCc1ccc(C(F)(F)F)cc1. The number of aryl methyl sites for hydroxylation is 2. The number of carbonyl (C=O) groups excluding carboxylic acids is 1. The maximum atomic E-state index is 12.5. The number of allylic oxidation sites excluding steroid dienone is 2. The van der Waals surface area contributed by atoms with Crippen LogP contribution in [0.1, 0.15) is 141 Å². The van der Waals surface area contributed by atoms with Gasteiger partial charge in [-0.2, -0.15) is 13.2 Å². The molecule has 0 aliphatic rings. The highest BCUT2D eigenvalue weighted by atomic mass is 19.4. The fraction of sp³-hybridized carbons (Fsp3) is 0.532. The standard InChI is InChI=1S/C13H27N.C11H15F.C9H9F3.C9H9NO.C3H8O.C2H6/c1-5-8-11-14(10-6-2)12-9-13(4)7-3;1-2-3-4-5-10-6-8-11(12)9-7-10;1-2-7-3-5-8(6-4-7)9(10,11)12;1-7(2)9-5-8(6-11)3-4-10-9;1-3-4-2;1-2/h5,8,13H,6-7,9-12H2,1-4H3;6-9H,2-5H2,1H3;3-6H,2H2,1H3;3-6H,1H2,2H3;3H2,1-2H3;1-2H3/b8-5+;;;;;. The molecule has 2 aromatic carbocycles. The van der Waals surface area contributed by atoms with E-state index in [9.17, 15) is 22.4 Å². The molecule has 3 aromatic rings. The molecule has 0 aliphatic heterocycles. The third-order valence-corrected chi connectivity index (χ3v) is 8.09. The van der Waals surface area contributed by atoms with E-state index in [4.69, 9.17) is 0 Å². The third kappa shape index (κ3) is 32.3. The van der Waals surface area contributed by atoms with Crippen molar-refractivity contribution in [1.82, 2.24) is 9.88 Å². The highest BCUT2D eigenvalue weighted by molar-refractivity contribution is 5.76. The molecule has 8 heteroatoms. The molecule has 0 fully saturated rings. The quantitative estimate of drug-likeness (QED) is 0.0629. The number of nitrogens with zero attached hydrogens (tertiary/aromatic N) is 2. The number of halogens is 4. The number of ether oxygens (including phenoxy) is 1. The largest absolute Gasteiger partial charge is 0.416 e. The molecule has 0 saturated carbocycles. The number of aromatic nitrogens is 1. The Morgan fingerprint density at radius 1 is 0.909 bits per heavy atom. The summed E-state index contributed by atoms with van der Waals surface area (Å²) in [5, 5.41) is 0. The van der Waals surface area contributed by atoms with Crippen molar-refractivity contribution in [3.8, 4) is 0 Å². The lowest BCUT2D eigenvalue weighted by atomic mass is 10.1. The van der Waals surface area contributed by atoms with Crippen molar-refractivity contribution in [2.75, 3.05) is 33.4 Å². The summed E-state index contributed by atoms with van der Waals surface area (Å²) in [5.41, 5.74) is 3.86. The Morgan fingerprint density at radius 2 is 1.49 bits per heavy atom. The topological polar surface area (TPSA) is 42.4 Å². The molecule has 0 bridgehead atoms. The average molecular weight is 775 g/mol. The van der Waals surface area contributed by atoms with Crippen LogP contribution in [0, 0.1) is 11.7 Å². The molecule has 3 rings (SSSR count). The van der Waals surface area contributed by atoms with E-state index in [2.05, 4.69) is 68.0 Å². The lowest BCUT2D eigenvalue weighted by Crippen LogP contribution is -2.27. The second-order valence-electron chi connectivity index (χ2n) is 12.8. The number of aldehydes is 1. The van der Waals surface area contributed by atoms with Crippen LogP contribution >= 0.6 is 0 Å². The van der Waals surface area contributed by atoms with Crippen LogP contribution in [0.3, 0.4) is 0 Å². The van der Waals surface area contributed by atoms with Crippen LogP contribution in [0.4, 0.5) is 17.6 Å². The Hall–Kier alpha value is -3.62. The van der Waals surface area contributed by atoms with Gasteiger partial charge in [-0.1, -0.05) is 111 Å². The lowest BCUT2D eigenvalue weighted by Gasteiger charge is -2.21. The summed E-state index contributed by atoms with van der Waals surface area (Å²) in [6.45, 7) is 29.0. The molecule has 0 saturated heterocycles. The molecule has 1 atom stereocenters. The van der Waals surface area contributed by atoms with Gasteiger partial charge in [-0.05, 0) is 125 Å². The molecule has 312 valence electrons. The number of hydrogen-bond donors (Lipinski definition) is 0. The van der Waals surface area contributed by atoms with Crippen LogP contribution in [0.5, 0.6) is 0 Å². The Labute approximate surface area is 333 Å². The minimum atomic E-state index is -4.22. The van der Waals surface area contributed by atoms with Gasteiger partial charge in [0, 0.05) is 32.0 Å². The summed E-state index contributed by atoms with van der Waals surface area (Å²) >= 11 is 0. The van der Waals surface area contributed by atoms with Gasteiger partial charge in [0.15, 0.2) is 0 Å². The first-order valence-corrected chi connectivity index (χ1v) is 20.1. The molecule has 0 aliphatic carbocycles. The second kappa shape index (κ2) is 37.3. The van der Waals surface area contributed by atoms with Gasteiger partial charge in [0.25, 0.3) is 0 Å². The van der Waals surface area contributed by atoms with Crippen molar-refractivity contribution in [3.63, 3.8) is 0 Å². The number of alkyl halides is 3. The predicted molar refractivity (Wildman–Crippen MR) is 229 cm³/mol. The van der Waals surface area contributed by atoms with E-state index in [0.29, 0.717) is 5.56 Å². The van der Waals surface area contributed by atoms with Gasteiger partial charge < -0.3 is 4.74 Å². The molecule has 1 heterocycles. The van der Waals surface area contributed by atoms with Crippen molar-refractivity contribution in [3.05, 3.63) is 119 Å². The zero-order chi connectivity index (χ0) is 42.5. The zero-order valence-electron chi connectivity index (χ0n) is 36.1. The summed E-state index contributed by atoms with van der Waals surface area (Å²) in [6.07, 6.45) is 12.1. The van der Waals surface area contributed by atoms with E-state index >= 15 is 0 Å². The second-order valence-corrected chi connectivity index (χ2v) is 12.8. The normalized spacial score (nSPS) is 10.8. The van der Waals surface area contributed by atoms with Crippen molar-refractivity contribution in [2.24, 2.45) is 5.92 Å². The number of unbranched alkanes of at least 4 members (excludes halogenated alkanes) is 2. The van der Waals surface area contributed by atoms with Crippen molar-refractivity contribution < 1.29 is 27.1 Å². The maximum Gasteiger partial charge on any atom is 0.416 e. The van der Waals surface area contributed by atoms with Gasteiger partial charge in [0.05, 0.1) is 11.3 Å². The van der Waals surface area contributed by atoms with Crippen LogP contribution < -0.4 is 0 Å². The number of pyridine rings is 1. The fourth-order valence-corrected chi connectivity index (χ4v) is 4.39. The smallest absolute Gasteiger partial charge is 0.385 e. The molecule has 1 aromatic heterocycles. The molecule has 1 unspecified atom stereocenters. The minimum absolute atomic E-state index is 0.144. The van der Waals surface area contributed by atoms with Gasteiger partial charge in [-0.3, -0.25) is 14.7 Å². The third-order valence-electron chi connectivity index (χ3n) is 8.09. The highest BCUT2D eigenvalue weighted by Crippen LogP contribution is 2.29. The summed E-state index contributed by atoms with van der Waals surface area (Å²) in [6, 6.07) is 15.4. The summed E-state index contributed by atoms with van der Waals surface area (Å²) in [4.78, 5) is 16.9. The molecule has 0 radical (unpaired) electrons. The number of carbonyl (C=O) groups is 1. The summed E-state index contributed by atoms with van der Waals surface area (Å²) in [5.74, 6) is 0.731. The molecule has 0 spiro atoms.